The van der Waals surface area contributed by atoms with Crippen LogP contribution < -0.4 is 10.2 Å². The molecule has 1 radical (unpaired) electrons. The first-order chi connectivity index (χ1) is 8.50. The molecule has 0 aliphatic heterocycles. The van der Waals surface area contributed by atoms with E-state index in [2.05, 4.69) is 4.98 Å². The van der Waals surface area contributed by atoms with Gasteiger partial charge in [-0.3, -0.25) is 4.98 Å². The number of aliphatic carboxylic acids is 2. The number of para-hydroxylation sites is 1. The molecule has 1 heterocycles. The predicted octanol–water partition coefficient (Wildman–Crippen LogP) is -0.208. The standard InChI is InChI=1S/C9H7N2.C3H4O4.Cu/c10-8-5-1-3-7-4-2-6-11-9(7)8;4-2(5)1-3(6)7;/h1-6,10H;1H2,(H,4,5)(H,6,7);/q-1;;+2/p-2. The van der Waals surface area contributed by atoms with Crippen molar-refractivity contribution in [3.05, 3.63) is 42.3 Å². The summed E-state index contributed by atoms with van der Waals surface area (Å²) in [6, 6.07) is 9.41. The quantitative estimate of drug-likeness (QED) is 0.562. The van der Waals surface area contributed by atoms with Gasteiger partial charge >= 0.3 is 17.1 Å². The fourth-order valence-corrected chi connectivity index (χ4v) is 1.22. The van der Waals surface area contributed by atoms with Crippen molar-refractivity contribution < 1.29 is 36.9 Å². The van der Waals surface area contributed by atoms with E-state index in [-0.39, 0.29) is 17.1 Å². The molecule has 0 saturated heterocycles. The number of carbonyl (C=O) groups excluding carboxylic acids is 2. The van der Waals surface area contributed by atoms with Gasteiger partial charge in [-0.1, -0.05) is 24.3 Å². The Bertz CT molecular complexity index is 557. The van der Waals surface area contributed by atoms with Crippen LogP contribution in [0.5, 0.6) is 0 Å². The number of aromatic nitrogens is 1. The van der Waals surface area contributed by atoms with E-state index in [0.29, 0.717) is 5.69 Å². The van der Waals surface area contributed by atoms with Crippen molar-refractivity contribution >= 4 is 28.5 Å². The van der Waals surface area contributed by atoms with Crippen molar-refractivity contribution in [3.8, 4) is 0 Å². The van der Waals surface area contributed by atoms with Crippen LogP contribution in [0.2, 0.25) is 0 Å². The van der Waals surface area contributed by atoms with E-state index in [4.69, 9.17) is 5.73 Å². The van der Waals surface area contributed by atoms with Gasteiger partial charge in [0.05, 0.1) is 5.52 Å². The molecule has 0 saturated carbocycles. The summed E-state index contributed by atoms with van der Waals surface area (Å²) in [6.45, 7) is 0. The third-order valence-electron chi connectivity index (χ3n) is 1.92. The molecule has 1 aromatic carbocycles. The number of rotatable bonds is 2. The normalized spacial score (nSPS) is 8.84. The van der Waals surface area contributed by atoms with E-state index in [0.717, 1.165) is 10.9 Å². The van der Waals surface area contributed by atoms with Gasteiger partial charge in [-0.05, 0) is 11.5 Å². The van der Waals surface area contributed by atoms with Crippen molar-refractivity contribution in [2.75, 3.05) is 0 Å². The van der Waals surface area contributed by atoms with Gasteiger partial charge in [-0.25, -0.2) is 0 Å². The van der Waals surface area contributed by atoms with E-state index < -0.39 is 18.4 Å². The molecule has 0 fully saturated rings. The average molecular weight is 309 g/mol. The Hall–Kier alpha value is -2.11. The summed E-state index contributed by atoms with van der Waals surface area (Å²) in [4.78, 5) is 22.6. The topological polar surface area (TPSA) is 117 Å². The van der Waals surface area contributed by atoms with Crippen LogP contribution >= 0.6 is 0 Å². The monoisotopic (exact) mass is 308 g/mol. The molecule has 0 aliphatic rings. The number of carbonyl (C=O) groups is 2. The molecule has 103 valence electrons. The summed E-state index contributed by atoms with van der Waals surface area (Å²) in [5.74, 6) is -3.25. The van der Waals surface area contributed by atoms with Crippen LogP contribution in [0.1, 0.15) is 6.42 Å². The van der Waals surface area contributed by atoms with E-state index in [1.165, 1.54) is 0 Å². The number of fused-ring (bicyclic) bond motifs is 1. The Kier molecular flexibility index (Phi) is 7.18. The zero-order chi connectivity index (χ0) is 13.5. The van der Waals surface area contributed by atoms with Crippen LogP contribution in [0.4, 0.5) is 5.69 Å². The third kappa shape index (κ3) is 5.85. The summed E-state index contributed by atoms with van der Waals surface area (Å²) in [5, 5.41) is 19.6. The minimum Gasteiger partial charge on any atom is -0.697 e. The average Bonchev–Trinajstić information content (AvgIpc) is 2.29. The molecule has 1 aromatic heterocycles. The molecule has 0 aliphatic carbocycles. The Morgan fingerprint density at radius 2 is 1.68 bits per heavy atom. The summed E-state index contributed by atoms with van der Waals surface area (Å²) in [6.07, 6.45) is 0.681. The second-order valence-corrected chi connectivity index (χ2v) is 3.30. The maximum Gasteiger partial charge on any atom is 2.00 e. The first-order valence-electron chi connectivity index (χ1n) is 4.95. The van der Waals surface area contributed by atoms with Crippen LogP contribution in [0.15, 0.2) is 36.5 Å². The number of nitrogens with one attached hydrogen (secondary N) is 1. The van der Waals surface area contributed by atoms with Gasteiger partial charge in [0.1, 0.15) is 0 Å². The van der Waals surface area contributed by atoms with Crippen LogP contribution in [0.25, 0.3) is 16.6 Å². The molecule has 7 heteroatoms. The van der Waals surface area contributed by atoms with E-state index >= 15 is 0 Å². The number of carboxylic acid groups (broad SMARTS) is 2. The smallest absolute Gasteiger partial charge is 0.697 e. The maximum atomic E-state index is 9.28. The van der Waals surface area contributed by atoms with Crippen molar-refractivity contribution in [1.82, 2.24) is 4.98 Å². The van der Waals surface area contributed by atoms with Gasteiger partial charge < -0.3 is 25.5 Å². The van der Waals surface area contributed by atoms with Gasteiger partial charge in [0.2, 0.25) is 0 Å². The van der Waals surface area contributed by atoms with Crippen molar-refractivity contribution in [3.63, 3.8) is 0 Å². The molecule has 2 aromatic rings. The fraction of sp³-hybridized carbons (Fsp3) is 0.0833. The zero-order valence-corrected chi connectivity index (χ0v) is 10.5. The first-order valence-corrected chi connectivity index (χ1v) is 4.95. The summed E-state index contributed by atoms with van der Waals surface area (Å²) >= 11 is 0. The van der Waals surface area contributed by atoms with Crippen LogP contribution in [0, 0.1) is 0 Å². The number of benzene rings is 1. The van der Waals surface area contributed by atoms with Crippen LogP contribution in [0.3, 0.4) is 0 Å². The third-order valence-corrected chi connectivity index (χ3v) is 1.92. The second kappa shape index (κ2) is 8.07. The van der Waals surface area contributed by atoms with E-state index in [1.54, 1.807) is 12.3 Å². The molecule has 2 rings (SSSR count). The Balaban J connectivity index is 0.000000360. The number of hydrogen-bond acceptors (Lipinski definition) is 5. The maximum absolute atomic E-state index is 9.28. The summed E-state index contributed by atoms with van der Waals surface area (Å²) in [7, 11) is 0. The molecule has 0 bridgehead atoms. The minimum absolute atomic E-state index is 0. The largest absolute Gasteiger partial charge is 2.00 e. The molecule has 1 N–H and O–H groups in total. The number of pyridine rings is 1. The van der Waals surface area contributed by atoms with E-state index in [9.17, 15) is 19.8 Å². The van der Waals surface area contributed by atoms with Crippen LogP contribution in [-0.2, 0) is 26.7 Å². The van der Waals surface area contributed by atoms with Gasteiger partial charge in [0.25, 0.3) is 0 Å². The molecule has 0 unspecified atom stereocenters. The summed E-state index contributed by atoms with van der Waals surface area (Å²) in [5.41, 5.74) is 8.76. The number of carboxylic acids is 2. The number of nitrogens with zero attached hydrogens (tertiary/aromatic N) is 1. The molecule has 0 spiro atoms. The van der Waals surface area contributed by atoms with Crippen molar-refractivity contribution in [1.29, 1.82) is 0 Å². The van der Waals surface area contributed by atoms with Gasteiger partial charge in [-0.15, -0.1) is 5.69 Å². The Morgan fingerprint density at radius 1 is 1.11 bits per heavy atom. The second-order valence-electron chi connectivity index (χ2n) is 3.30. The van der Waals surface area contributed by atoms with Crippen molar-refractivity contribution in [2.24, 2.45) is 0 Å². The Morgan fingerprint density at radius 3 is 2.16 bits per heavy atom. The SMILES string of the molecule is O=C([O-])CC(=O)[O-].[Cu+2].[NH-]c1cccc2cccnc12. The zero-order valence-electron chi connectivity index (χ0n) is 9.55. The van der Waals surface area contributed by atoms with Gasteiger partial charge in [0.15, 0.2) is 0 Å². The molecule has 19 heavy (non-hydrogen) atoms. The van der Waals surface area contributed by atoms with Gasteiger partial charge in [-0.2, -0.15) is 0 Å². The van der Waals surface area contributed by atoms with Crippen molar-refractivity contribution in [2.45, 2.75) is 6.42 Å². The predicted molar refractivity (Wildman–Crippen MR) is 60.4 cm³/mol. The molecule has 0 atom stereocenters. The van der Waals surface area contributed by atoms with Crippen LogP contribution in [-0.4, -0.2) is 16.9 Å². The Labute approximate surface area is 119 Å². The molecular formula is C12H9CuN2O4-. The molecule has 6 nitrogen and oxygen atoms in total. The minimum atomic E-state index is -1.63. The molecular weight excluding hydrogens is 300 g/mol. The summed E-state index contributed by atoms with van der Waals surface area (Å²) < 4.78 is 0. The fourth-order valence-electron chi connectivity index (χ4n) is 1.22. The van der Waals surface area contributed by atoms with E-state index in [1.807, 2.05) is 24.3 Å². The first kappa shape index (κ1) is 16.9. The number of hydrogen-bond donors (Lipinski definition) is 0. The van der Waals surface area contributed by atoms with Gasteiger partial charge in [0, 0.05) is 24.6 Å². The molecule has 0 amide bonds.